The molecule has 44 heavy (non-hydrogen) atoms. The highest BCUT2D eigenvalue weighted by Gasteiger charge is 2.15. The van der Waals surface area contributed by atoms with E-state index in [1.54, 1.807) is 0 Å². The van der Waals surface area contributed by atoms with Crippen molar-refractivity contribution in [2.75, 3.05) is 28.6 Å². The molecule has 5 aromatic carbocycles. The lowest BCUT2D eigenvalue weighted by atomic mass is 10.1. The van der Waals surface area contributed by atoms with Gasteiger partial charge in [-0.3, -0.25) is 0 Å². The number of ether oxygens (including phenoxy) is 2. The summed E-state index contributed by atoms with van der Waals surface area (Å²) < 4.78 is 12.2. The standard InChI is InChI=1S/C38H36N4O2/c39-29-11-19-35(20-12-29)43-37-23-15-33(16-24-37)41(31-7-3-1-4-8-31)27-28-42(32-9-5-2-6-10-32)34-17-25-38(26-18-34)44-36-21-13-30(40)14-22-36/h1-13,15-21,23-26H,14,22,27-28,39-40H2. The number of rotatable bonds is 11. The van der Waals surface area contributed by atoms with E-state index in [1.165, 1.54) is 0 Å². The Morgan fingerprint density at radius 1 is 0.455 bits per heavy atom. The predicted molar refractivity (Wildman–Crippen MR) is 181 cm³/mol. The lowest BCUT2D eigenvalue weighted by molar-refractivity contribution is 0.400. The zero-order valence-corrected chi connectivity index (χ0v) is 24.6. The van der Waals surface area contributed by atoms with E-state index in [2.05, 4.69) is 82.6 Å². The second-order valence-corrected chi connectivity index (χ2v) is 10.6. The fourth-order valence-electron chi connectivity index (χ4n) is 5.16. The van der Waals surface area contributed by atoms with Crippen molar-refractivity contribution in [1.29, 1.82) is 0 Å². The Bertz CT molecular complexity index is 1700. The van der Waals surface area contributed by atoms with Crippen LogP contribution in [0.2, 0.25) is 0 Å². The molecule has 0 atom stereocenters. The van der Waals surface area contributed by atoms with Crippen LogP contribution in [-0.4, -0.2) is 13.1 Å². The van der Waals surface area contributed by atoms with Gasteiger partial charge in [-0.05, 0) is 116 Å². The topological polar surface area (TPSA) is 77.0 Å². The van der Waals surface area contributed by atoms with Crippen LogP contribution in [-0.2, 0) is 0 Å². The van der Waals surface area contributed by atoms with Gasteiger partial charge < -0.3 is 30.7 Å². The first-order valence-corrected chi connectivity index (χ1v) is 14.8. The molecule has 0 saturated carbocycles. The first kappa shape index (κ1) is 28.5. The molecule has 0 saturated heterocycles. The van der Waals surface area contributed by atoms with Crippen LogP contribution in [0.15, 0.2) is 157 Å². The summed E-state index contributed by atoms with van der Waals surface area (Å²) in [5, 5.41) is 0. The summed E-state index contributed by atoms with van der Waals surface area (Å²) in [5.74, 6) is 3.26. The zero-order valence-electron chi connectivity index (χ0n) is 24.6. The quantitative estimate of drug-likeness (QED) is 0.152. The van der Waals surface area contributed by atoms with E-state index in [0.29, 0.717) is 5.69 Å². The fourth-order valence-corrected chi connectivity index (χ4v) is 5.16. The Balaban J connectivity index is 1.22. The van der Waals surface area contributed by atoms with Gasteiger partial charge in [-0.25, -0.2) is 0 Å². The lowest BCUT2D eigenvalue weighted by Crippen LogP contribution is -2.30. The summed E-state index contributed by atoms with van der Waals surface area (Å²) in [7, 11) is 0. The first-order chi connectivity index (χ1) is 21.6. The van der Waals surface area contributed by atoms with E-state index in [-0.39, 0.29) is 0 Å². The lowest BCUT2D eigenvalue weighted by Gasteiger charge is -2.31. The van der Waals surface area contributed by atoms with Gasteiger partial charge >= 0.3 is 0 Å². The Morgan fingerprint density at radius 3 is 1.34 bits per heavy atom. The molecule has 0 fully saturated rings. The average molecular weight is 581 g/mol. The van der Waals surface area contributed by atoms with Gasteiger partial charge in [0.05, 0.1) is 0 Å². The second kappa shape index (κ2) is 13.6. The minimum atomic E-state index is 0.709. The van der Waals surface area contributed by atoms with Crippen molar-refractivity contribution < 1.29 is 9.47 Å². The van der Waals surface area contributed by atoms with Crippen molar-refractivity contribution >= 4 is 28.4 Å². The normalized spacial score (nSPS) is 12.5. The molecule has 0 unspecified atom stereocenters. The SMILES string of the molecule is NC1=CC=C(Oc2ccc(N(CCN(c3ccccc3)c3ccc(Oc4ccc(N)cc4)cc3)c3ccccc3)cc2)CC1. The highest BCUT2D eigenvalue weighted by Crippen LogP contribution is 2.32. The molecule has 1 aliphatic rings. The number of allylic oxidation sites excluding steroid dienone is 4. The Morgan fingerprint density at radius 2 is 0.886 bits per heavy atom. The van der Waals surface area contributed by atoms with Gasteiger partial charge in [-0.15, -0.1) is 0 Å². The largest absolute Gasteiger partial charge is 0.462 e. The van der Waals surface area contributed by atoms with Gasteiger partial charge in [-0.1, -0.05) is 36.4 Å². The molecule has 1 aliphatic carbocycles. The molecular formula is C38H36N4O2. The zero-order chi connectivity index (χ0) is 30.1. The molecule has 0 aromatic heterocycles. The van der Waals surface area contributed by atoms with Crippen LogP contribution < -0.4 is 30.7 Å². The predicted octanol–water partition coefficient (Wildman–Crippen LogP) is 8.94. The summed E-state index contributed by atoms with van der Waals surface area (Å²) in [5.41, 5.74) is 17.7. The van der Waals surface area contributed by atoms with Gasteiger partial charge in [0.25, 0.3) is 0 Å². The van der Waals surface area contributed by atoms with Gasteiger partial charge in [0.1, 0.15) is 23.0 Å². The maximum absolute atomic E-state index is 6.13. The minimum Gasteiger partial charge on any atom is -0.462 e. The Kier molecular flexibility index (Phi) is 8.79. The fraction of sp³-hybridized carbons (Fsp3) is 0.105. The molecule has 0 aliphatic heterocycles. The molecule has 0 spiro atoms. The summed E-state index contributed by atoms with van der Waals surface area (Å²) in [4.78, 5) is 4.66. The molecule has 5 aromatic rings. The molecule has 220 valence electrons. The van der Waals surface area contributed by atoms with Crippen LogP contribution in [0.3, 0.4) is 0 Å². The summed E-state index contributed by atoms with van der Waals surface area (Å²) in [6, 6.07) is 44.8. The van der Waals surface area contributed by atoms with Gasteiger partial charge in [0.15, 0.2) is 0 Å². The number of hydrogen-bond acceptors (Lipinski definition) is 6. The van der Waals surface area contributed by atoms with Crippen LogP contribution in [0.1, 0.15) is 12.8 Å². The number of hydrogen-bond donors (Lipinski definition) is 2. The van der Waals surface area contributed by atoms with E-state index >= 15 is 0 Å². The van der Waals surface area contributed by atoms with Crippen molar-refractivity contribution in [2.24, 2.45) is 5.73 Å². The van der Waals surface area contributed by atoms with E-state index in [9.17, 15) is 0 Å². The van der Waals surface area contributed by atoms with Crippen LogP contribution in [0.4, 0.5) is 28.4 Å². The number of benzene rings is 5. The monoisotopic (exact) mass is 580 g/mol. The number of nitrogens with two attached hydrogens (primary N) is 2. The maximum atomic E-state index is 6.13. The Hall–Kier alpha value is -5.62. The number of nitrogen functional groups attached to an aromatic ring is 1. The molecule has 0 amide bonds. The third-order valence-electron chi connectivity index (χ3n) is 7.49. The molecular weight excluding hydrogens is 544 g/mol. The molecule has 0 bridgehead atoms. The second-order valence-electron chi connectivity index (χ2n) is 10.6. The number of anilines is 5. The van der Waals surface area contributed by atoms with Gasteiger partial charge in [0, 0.05) is 53.6 Å². The minimum absolute atomic E-state index is 0.709. The van der Waals surface area contributed by atoms with Crippen LogP contribution >= 0.6 is 0 Å². The molecule has 0 heterocycles. The molecule has 0 radical (unpaired) electrons. The maximum Gasteiger partial charge on any atom is 0.127 e. The van der Waals surface area contributed by atoms with Crippen LogP contribution in [0.5, 0.6) is 17.2 Å². The molecule has 6 nitrogen and oxygen atoms in total. The molecule has 6 heteroatoms. The van der Waals surface area contributed by atoms with Crippen molar-refractivity contribution in [3.63, 3.8) is 0 Å². The third kappa shape index (κ3) is 7.23. The third-order valence-corrected chi connectivity index (χ3v) is 7.49. The Labute approximate surface area is 259 Å². The molecule has 4 N–H and O–H groups in total. The highest BCUT2D eigenvalue weighted by molar-refractivity contribution is 5.67. The average Bonchev–Trinajstić information content (AvgIpc) is 3.07. The summed E-state index contributed by atoms with van der Waals surface area (Å²) in [6.45, 7) is 1.49. The van der Waals surface area contributed by atoms with E-state index in [0.717, 1.165) is 77.4 Å². The number of nitrogens with zero attached hydrogens (tertiary/aromatic N) is 2. The van der Waals surface area contributed by atoms with Crippen molar-refractivity contribution in [1.82, 2.24) is 0 Å². The summed E-state index contributed by atoms with van der Waals surface area (Å²) in [6.07, 6.45) is 5.51. The van der Waals surface area contributed by atoms with Crippen LogP contribution in [0.25, 0.3) is 0 Å². The number of para-hydroxylation sites is 2. The van der Waals surface area contributed by atoms with Crippen LogP contribution in [0, 0.1) is 0 Å². The van der Waals surface area contributed by atoms with Gasteiger partial charge in [0.2, 0.25) is 0 Å². The van der Waals surface area contributed by atoms with E-state index < -0.39 is 0 Å². The first-order valence-electron chi connectivity index (χ1n) is 14.8. The molecule has 6 rings (SSSR count). The van der Waals surface area contributed by atoms with E-state index in [4.69, 9.17) is 20.9 Å². The van der Waals surface area contributed by atoms with Gasteiger partial charge in [-0.2, -0.15) is 0 Å². The highest BCUT2D eigenvalue weighted by atomic mass is 16.5. The van der Waals surface area contributed by atoms with Crippen molar-refractivity contribution in [3.05, 3.63) is 157 Å². The smallest absolute Gasteiger partial charge is 0.127 e. The van der Waals surface area contributed by atoms with Crippen molar-refractivity contribution in [3.8, 4) is 17.2 Å². The summed E-state index contributed by atoms with van der Waals surface area (Å²) >= 11 is 0. The van der Waals surface area contributed by atoms with E-state index in [1.807, 2.05) is 72.8 Å². The van der Waals surface area contributed by atoms with Crippen molar-refractivity contribution in [2.45, 2.75) is 12.8 Å².